The van der Waals surface area contributed by atoms with Gasteiger partial charge >= 0.3 is 0 Å². The van der Waals surface area contributed by atoms with Crippen molar-refractivity contribution in [2.24, 2.45) is 0 Å². The van der Waals surface area contributed by atoms with Crippen molar-refractivity contribution in [1.82, 2.24) is 35.3 Å². The highest BCUT2D eigenvalue weighted by molar-refractivity contribution is 5.94. The molecule has 182 valence electrons. The fraction of sp³-hybridized carbons (Fsp3) is 0.417. The van der Waals surface area contributed by atoms with Crippen LogP contribution in [0.2, 0.25) is 0 Å². The Hall–Kier alpha value is -3.86. The molecule has 1 aliphatic heterocycles. The van der Waals surface area contributed by atoms with Gasteiger partial charge in [0.05, 0.1) is 35.6 Å². The fourth-order valence-electron chi connectivity index (χ4n) is 4.01. The normalized spacial score (nSPS) is 16.1. The molecule has 35 heavy (non-hydrogen) atoms. The maximum Gasteiger partial charge on any atom is 0.253 e. The van der Waals surface area contributed by atoms with Gasteiger partial charge in [-0.15, -0.1) is 10.2 Å². The molecule has 11 nitrogen and oxygen atoms in total. The first-order valence-corrected chi connectivity index (χ1v) is 11.4. The summed E-state index contributed by atoms with van der Waals surface area (Å²) in [4.78, 5) is 16.8. The highest BCUT2D eigenvalue weighted by Gasteiger charge is 2.28. The summed E-state index contributed by atoms with van der Waals surface area (Å²) >= 11 is 0. The summed E-state index contributed by atoms with van der Waals surface area (Å²) in [6, 6.07) is 5.35. The van der Waals surface area contributed by atoms with Gasteiger partial charge in [-0.3, -0.25) is 9.78 Å². The average molecular weight is 478 g/mol. The standard InChI is InChI=1S/C24H27N7O4/c1-14-9-18(30-35-14)21-28-26-11-19-20(24(2,3)4)23(29-31(19)21)34-13-16-6-5-15(10-25-16)22(32)27-17-7-8-33-12-17/h5-6,9-11,17H,7-8,12-13H2,1-4H3,(H,27,32). The van der Waals surface area contributed by atoms with Crippen LogP contribution in [-0.2, 0) is 16.8 Å². The summed E-state index contributed by atoms with van der Waals surface area (Å²) in [5, 5.41) is 20.1. The van der Waals surface area contributed by atoms with Crippen LogP contribution in [0, 0.1) is 6.92 Å². The number of hydrogen-bond donors (Lipinski definition) is 1. The van der Waals surface area contributed by atoms with E-state index in [1.807, 2.05) is 6.92 Å². The van der Waals surface area contributed by atoms with Crippen molar-refractivity contribution < 1.29 is 18.8 Å². The van der Waals surface area contributed by atoms with Gasteiger partial charge in [0.2, 0.25) is 11.7 Å². The zero-order valence-electron chi connectivity index (χ0n) is 20.1. The van der Waals surface area contributed by atoms with Crippen molar-refractivity contribution in [2.45, 2.75) is 52.2 Å². The molecule has 5 heterocycles. The molecular weight excluding hydrogens is 450 g/mol. The number of amides is 1. The minimum atomic E-state index is -0.281. The molecule has 0 aliphatic carbocycles. The predicted molar refractivity (Wildman–Crippen MR) is 125 cm³/mol. The third kappa shape index (κ3) is 4.72. The number of nitrogens with zero attached hydrogens (tertiary/aromatic N) is 6. The summed E-state index contributed by atoms with van der Waals surface area (Å²) in [7, 11) is 0. The van der Waals surface area contributed by atoms with E-state index in [-0.39, 0.29) is 24.0 Å². The minimum absolute atomic E-state index is 0.0476. The van der Waals surface area contributed by atoms with Crippen LogP contribution in [0.15, 0.2) is 35.1 Å². The van der Waals surface area contributed by atoms with Crippen LogP contribution in [0.4, 0.5) is 0 Å². The van der Waals surface area contributed by atoms with Crippen LogP contribution in [-0.4, -0.2) is 55.1 Å². The molecule has 4 aromatic heterocycles. The first-order chi connectivity index (χ1) is 16.8. The third-order valence-corrected chi connectivity index (χ3v) is 5.74. The van der Waals surface area contributed by atoms with Crippen LogP contribution in [0.1, 0.15) is 54.6 Å². The summed E-state index contributed by atoms with van der Waals surface area (Å²) in [5.41, 5.74) is 3.09. The first kappa shape index (κ1) is 22.9. The number of aromatic nitrogens is 6. The van der Waals surface area contributed by atoms with E-state index in [0.717, 1.165) is 17.5 Å². The van der Waals surface area contributed by atoms with E-state index in [2.05, 4.69) is 51.5 Å². The Morgan fingerprint density at radius 3 is 2.80 bits per heavy atom. The smallest absolute Gasteiger partial charge is 0.253 e. The summed E-state index contributed by atoms with van der Waals surface area (Å²) in [6.07, 6.45) is 4.04. The van der Waals surface area contributed by atoms with Crippen molar-refractivity contribution in [1.29, 1.82) is 0 Å². The van der Waals surface area contributed by atoms with Crippen LogP contribution in [0.5, 0.6) is 5.88 Å². The lowest BCUT2D eigenvalue weighted by molar-refractivity contribution is 0.0929. The number of carbonyl (C=O) groups excluding carboxylic acids is 1. The Morgan fingerprint density at radius 1 is 1.29 bits per heavy atom. The average Bonchev–Trinajstić information content (AvgIpc) is 3.57. The van der Waals surface area contributed by atoms with Crippen LogP contribution >= 0.6 is 0 Å². The number of carbonyl (C=O) groups is 1. The van der Waals surface area contributed by atoms with E-state index in [9.17, 15) is 4.79 Å². The molecule has 0 bridgehead atoms. The number of rotatable bonds is 6. The number of pyridine rings is 1. The summed E-state index contributed by atoms with van der Waals surface area (Å²) in [6.45, 7) is 9.46. The lowest BCUT2D eigenvalue weighted by Gasteiger charge is -2.18. The third-order valence-electron chi connectivity index (χ3n) is 5.74. The zero-order chi connectivity index (χ0) is 24.6. The molecule has 5 rings (SSSR count). The number of aryl methyl sites for hydroxylation is 1. The molecule has 0 radical (unpaired) electrons. The largest absolute Gasteiger partial charge is 0.470 e. The van der Waals surface area contributed by atoms with Gasteiger partial charge in [-0.1, -0.05) is 25.9 Å². The van der Waals surface area contributed by atoms with E-state index in [0.29, 0.717) is 47.6 Å². The molecule has 1 aliphatic rings. The second kappa shape index (κ2) is 9.06. The topological polar surface area (TPSA) is 130 Å². The van der Waals surface area contributed by atoms with Gasteiger partial charge < -0.3 is 19.3 Å². The van der Waals surface area contributed by atoms with Crippen molar-refractivity contribution in [3.8, 4) is 17.4 Å². The monoisotopic (exact) mass is 477 g/mol. The van der Waals surface area contributed by atoms with Crippen molar-refractivity contribution in [3.05, 3.63) is 53.2 Å². The number of ether oxygens (including phenoxy) is 2. The lowest BCUT2D eigenvalue weighted by Crippen LogP contribution is -2.35. The second-order valence-corrected chi connectivity index (χ2v) is 9.58. The van der Waals surface area contributed by atoms with Gasteiger partial charge in [0.1, 0.15) is 12.4 Å². The molecule has 0 aromatic carbocycles. The van der Waals surface area contributed by atoms with Crippen LogP contribution in [0.25, 0.3) is 17.0 Å². The maximum absolute atomic E-state index is 12.4. The Labute approximate surface area is 201 Å². The zero-order valence-corrected chi connectivity index (χ0v) is 20.1. The predicted octanol–water partition coefficient (Wildman–Crippen LogP) is 2.88. The van der Waals surface area contributed by atoms with Crippen molar-refractivity contribution >= 4 is 11.4 Å². The molecule has 0 spiro atoms. The molecule has 1 N–H and O–H groups in total. The molecule has 1 saturated heterocycles. The maximum atomic E-state index is 12.4. The summed E-state index contributed by atoms with van der Waals surface area (Å²) in [5.74, 6) is 1.42. The molecule has 1 amide bonds. The van der Waals surface area contributed by atoms with Crippen molar-refractivity contribution in [3.63, 3.8) is 0 Å². The molecule has 11 heteroatoms. The first-order valence-electron chi connectivity index (χ1n) is 11.4. The van der Waals surface area contributed by atoms with Gasteiger partial charge in [0, 0.05) is 24.4 Å². The lowest BCUT2D eigenvalue weighted by atomic mass is 9.88. The van der Waals surface area contributed by atoms with Gasteiger partial charge in [-0.2, -0.15) is 5.10 Å². The molecule has 1 fully saturated rings. The quantitative estimate of drug-likeness (QED) is 0.445. The number of nitrogens with one attached hydrogen (secondary N) is 1. The van der Waals surface area contributed by atoms with E-state index >= 15 is 0 Å². The van der Waals surface area contributed by atoms with E-state index in [1.54, 1.807) is 35.1 Å². The second-order valence-electron chi connectivity index (χ2n) is 9.58. The molecule has 1 atom stereocenters. The van der Waals surface area contributed by atoms with Crippen molar-refractivity contribution in [2.75, 3.05) is 13.2 Å². The molecular formula is C24H27N7O4. The van der Waals surface area contributed by atoms with Gasteiger partial charge in [0.15, 0.2) is 5.69 Å². The Balaban J connectivity index is 1.38. The van der Waals surface area contributed by atoms with E-state index in [1.165, 1.54) is 0 Å². The van der Waals surface area contributed by atoms with Gasteiger partial charge in [-0.05, 0) is 30.9 Å². The Morgan fingerprint density at radius 2 is 2.14 bits per heavy atom. The number of fused-ring (bicyclic) bond motifs is 1. The fourth-order valence-corrected chi connectivity index (χ4v) is 4.01. The molecule has 1 unspecified atom stereocenters. The Kier molecular flexibility index (Phi) is 5.93. The van der Waals surface area contributed by atoms with E-state index < -0.39 is 0 Å². The molecule has 0 saturated carbocycles. The SMILES string of the molecule is Cc1cc(-c2nncc3c(C(C)(C)C)c(OCc4ccc(C(=O)NC5CCOC5)cn4)nn23)no1. The highest BCUT2D eigenvalue weighted by atomic mass is 16.5. The van der Waals surface area contributed by atoms with E-state index in [4.69, 9.17) is 14.0 Å². The minimum Gasteiger partial charge on any atom is -0.470 e. The van der Waals surface area contributed by atoms with Crippen LogP contribution < -0.4 is 10.1 Å². The van der Waals surface area contributed by atoms with Gasteiger partial charge in [-0.25, -0.2) is 4.52 Å². The summed E-state index contributed by atoms with van der Waals surface area (Å²) < 4.78 is 18.3. The number of hydrogen-bond acceptors (Lipinski definition) is 9. The highest BCUT2D eigenvalue weighted by Crippen LogP contribution is 2.36. The van der Waals surface area contributed by atoms with Gasteiger partial charge in [0.25, 0.3) is 5.91 Å². The van der Waals surface area contributed by atoms with Crippen LogP contribution in [0.3, 0.4) is 0 Å². The molecule has 4 aromatic rings. The Bertz CT molecular complexity index is 1350.